The molecule has 0 heterocycles. The highest BCUT2D eigenvalue weighted by molar-refractivity contribution is 5.91. The lowest BCUT2D eigenvalue weighted by Crippen LogP contribution is -2.52. The summed E-state index contributed by atoms with van der Waals surface area (Å²) >= 11 is 0. The molecule has 0 saturated carbocycles. The summed E-state index contributed by atoms with van der Waals surface area (Å²) < 4.78 is 4.74. The number of hydrogen-bond donors (Lipinski definition) is 6. The summed E-state index contributed by atoms with van der Waals surface area (Å²) in [6, 6.07) is 32.5. The number of hydrogen-bond acceptors (Lipinski definition) is 12. The molecule has 0 aliphatic rings. The standard InChI is InChI=1S/C69H94N8O14/c1-5-25-55(67(88)72-44-41-64(84)85)75(48-52-29-15-9-16-30-52)60(79)36-21-12-22-46-74(59(78)37-24-38-61(80)76(49-53-31-17-10-18-32-53)56(26-6-2)68(89)73-45-42-65(86)91-4)58(47-51-27-13-8-14-28-51)69(90)71-43-40-62(81)77(50-54-33-19-11-20-34-54)57(66(87)70-7-3)35-23-39-63(82)83/h8-11,13-20,27-34,55-58H,5-7,12,21-26,35-50H2,1-4H3,(H,70,87)(H,71,90)(H,72,88)(H,73,89)(H,82,83)(H,84,85). The third-order valence-corrected chi connectivity index (χ3v) is 15.4. The molecule has 0 spiro atoms. The first-order valence-corrected chi connectivity index (χ1v) is 31.9. The number of carboxylic acid groups (broad SMARTS) is 2. The van der Waals surface area contributed by atoms with Gasteiger partial charge in [-0.2, -0.15) is 0 Å². The number of benzene rings is 4. The van der Waals surface area contributed by atoms with Crippen molar-refractivity contribution in [3.8, 4) is 0 Å². The van der Waals surface area contributed by atoms with E-state index in [1.807, 2.05) is 98.8 Å². The molecule has 8 amide bonds. The fourth-order valence-electron chi connectivity index (χ4n) is 10.7. The number of ether oxygens (including phenoxy) is 1. The van der Waals surface area contributed by atoms with Crippen molar-refractivity contribution < 1.29 is 67.7 Å². The highest BCUT2D eigenvalue weighted by atomic mass is 16.5. The molecule has 6 N–H and O–H groups in total. The van der Waals surface area contributed by atoms with Crippen molar-refractivity contribution in [1.29, 1.82) is 0 Å². The Kier molecular flexibility index (Phi) is 34.5. The van der Waals surface area contributed by atoms with Crippen LogP contribution in [0.3, 0.4) is 0 Å². The minimum atomic E-state index is -1.16. The zero-order valence-corrected chi connectivity index (χ0v) is 53.3. The normalized spacial score (nSPS) is 12.2. The predicted octanol–water partition coefficient (Wildman–Crippen LogP) is 7.12. The van der Waals surface area contributed by atoms with Gasteiger partial charge in [-0.15, -0.1) is 0 Å². The lowest BCUT2D eigenvalue weighted by atomic mass is 10.0. The number of aliphatic carboxylic acids is 2. The molecule has 91 heavy (non-hydrogen) atoms. The minimum absolute atomic E-state index is 0.00266. The summed E-state index contributed by atoms with van der Waals surface area (Å²) in [7, 11) is 1.25. The number of amides is 8. The van der Waals surface area contributed by atoms with E-state index < -0.39 is 83.4 Å². The smallest absolute Gasteiger partial charge is 0.307 e. The molecule has 4 unspecified atom stereocenters. The zero-order chi connectivity index (χ0) is 66.3. The van der Waals surface area contributed by atoms with Crippen LogP contribution in [0.1, 0.15) is 152 Å². The van der Waals surface area contributed by atoms with Crippen LogP contribution in [0.15, 0.2) is 121 Å². The summed E-state index contributed by atoms with van der Waals surface area (Å²) in [5, 5.41) is 29.9. The molecule has 0 bridgehead atoms. The number of carbonyl (C=O) groups excluding carboxylic acids is 9. The molecule has 4 aromatic rings. The van der Waals surface area contributed by atoms with Gasteiger partial charge in [-0.05, 0) is 74.1 Å². The molecule has 4 aromatic carbocycles. The van der Waals surface area contributed by atoms with E-state index >= 15 is 4.79 Å². The van der Waals surface area contributed by atoms with Gasteiger partial charge < -0.3 is 55.8 Å². The van der Waals surface area contributed by atoms with Crippen LogP contribution < -0.4 is 21.3 Å². The second kappa shape index (κ2) is 42.1. The van der Waals surface area contributed by atoms with E-state index in [1.165, 1.54) is 26.7 Å². The molecule has 22 heteroatoms. The van der Waals surface area contributed by atoms with Gasteiger partial charge in [0.1, 0.15) is 24.2 Å². The lowest BCUT2D eigenvalue weighted by molar-refractivity contribution is -0.144. The molecule has 0 saturated heterocycles. The summed E-state index contributed by atoms with van der Waals surface area (Å²) in [6.45, 7) is 5.75. The van der Waals surface area contributed by atoms with Gasteiger partial charge in [0.05, 0.1) is 20.0 Å². The second-order valence-electron chi connectivity index (χ2n) is 22.4. The van der Waals surface area contributed by atoms with Gasteiger partial charge in [0.15, 0.2) is 0 Å². The molecule has 4 atom stereocenters. The van der Waals surface area contributed by atoms with Crippen molar-refractivity contribution in [3.63, 3.8) is 0 Å². The zero-order valence-electron chi connectivity index (χ0n) is 53.3. The van der Waals surface area contributed by atoms with Crippen LogP contribution in [0.25, 0.3) is 0 Å². The fourth-order valence-corrected chi connectivity index (χ4v) is 10.7. The van der Waals surface area contributed by atoms with Crippen molar-refractivity contribution in [2.24, 2.45) is 0 Å². The number of nitrogens with one attached hydrogen (secondary N) is 4. The van der Waals surface area contributed by atoms with E-state index in [0.717, 1.165) is 16.7 Å². The van der Waals surface area contributed by atoms with E-state index in [0.29, 0.717) is 50.5 Å². The number of methoxy groups -OCH3 is 1. The quantitative estimate of drug-likeness (QED) is 0.0190. The maximum atomic E-state index is 15.0. The SMILES string of the molecule is CCCC(C(=O)NCCC(=O)O)N(Cc1ccccc1)C(=O)CCCCCN(C(=O)CCCC(=O)N(Cc1ccccc1)C(CCC)C(=O)NCCC(=O)OC)C(Cc1ccccc1)C(=O)NCCC(=O)N(Cc1ccccc1)C(CCCC(=O)O)C(=O)NCC. The van der Waals surface area contributed by atoms with Gasteiger partial charge in [0.2, 0.25) is 47.3 Å². The predicted molar refractivity (Wildman–Crippen MR) is 343 cm³/mol. The van der Waals surface area contributed by atoms with Gasteiger partial charge in [-0.3, -0.25) is 52.7 Å². The highest BCUT2D eigenvalue weighted by Crippen LogP contribution is 2.22. The highest BCUT2D eigenvalue weighted by Gasteiger charge is 2.35. The van der Waals surface area contributed by atoms with Crippen molar-refractivity contribution in [1.82, 2.24) is 40.9 Å². The maximum absolute atomic E-state index is 15.0. The number of nitrogens with zero attached hydrogens (tertiary/aromatic N) is 4. The van der Waals surface area contributed by atoms with Gasteiger partial charge in [-0.1, -0.05) is 154 Å². The third-order valence-electron chi connectivity index (χ3n) is 15.4. The van der Waals surface area contributed by atoms with Gasteiger partial charge in [-0.25, -0.2) is 0 Å². The van der Waals surface area contributed by atoms with E-state index in [-0.39, 0.29) is 129 Å². The molecule has 22 nitrogen and oxygen atoms in total. The number of likely N-dealkylation sites (N-methyl/N-ethyl adjacent to an activating group) is 1. The summed E-state index contributed by atoms with van der Waals surface area (Å²) in [6.07, 6.45) is 1.89. The third kappa shape index (κ3) is 27.4. The van der Waals surface area contributed by atoms with E-state index in [1.54, 1.807) is 43.3 Å². The summed E-state index contributed by atoms with van der Waals surface area (Å²) in [4.78, 5) is 155. The van der Waals surface area contributed by atoms with E-state index in [4.69, 9.17) is 4.74 Å². The Bertz CT molecular complexity index is 2920. The van der Waals surface area contributed by atoms with Gasteiger partial charge in [0.25, 0.3) is 0 Å². The molecule has 0 radical (unpaired) electrons. The molecule has 0 aromatic heterocycles. The molecular formula is C69H94N8O14. The number of unbranched alkanes of at least 4 members (excludes halogenated alkanes) is 2. The van der Waals surface area contributed by atoms with Crippen LogP contribution in [0, 0.1) is 0 Å². The van der Waals surface area contributed by atoms with Crippen molar-refractivity contribution in [2.75, 3.05) is 39.8 Å². The molecule has 494 valence electrons. The van der Waals surface area contributed by atoms with Gasteiger partial charge in [0, 0.05) is 90.9 Å². The first kappa shape index (κ1) is 74.5. The molecular weight excluding hydrogens is 1160 g/mol. The van der Waals surface area contributed by atoms with Crippen LogP contribution >= 0.6 is 0 Å². The van der Waals surface area contributed by atoms with Crippen LogP contribution in [0.2, 0.25) is 0 Å². The van der Waals surface area contributed by atoms with Gasteiger partial charge >= 0.3 is 17.9 Å². The number of carbonyl (C=O) groups is 11. The summed E-state index contributed by atoms with van der Waals surface area (Å²) in [5.74, 6) is -6.19. The Morgan fingerprint density at radius 2 is 0.758 bits per heavy atom. The lowest BCUT2D eigenvalue weighted by Gasteiger charge is -2.33. The van der Waals surface area contributed by atoms with E-state index in [2.05, 4.69) is 21.3 Å². The van der Waals surface area contributed by atoms with E-state index in [9.17, 15) is 58.2 Å². The fraction of sp³-hybridized carbons (Fsp3) is 0.493. The number of esters is 1. The van der Waals surface area contributed by atoms with Crippen LogP contribution in [-0.2, 0) is 83.5 Å². The van der Waals surface area contributed by atoms with Crippen LogP contribution in [0.4, 0.5) is 0 Å². The average molecular weight is 1260 g/mol. The maximum Gasteiger partial charge on any atom is 0.307 e. The summed E-state index contributed by atoms with van der Waals surface area (Å²) in [5.41, 5.74) is 3.00. The Hall–Kier alpha value is -8.95. The Morgan fingerprint density at radius 1 is 0.385 bits per heavy atom. The Labute approximate surface area is 535 Å². The molecule has 4 rings (SSSR count). The van der Waals surface area contributed by atoms with Crippen molar-refractivity contribution in [2.45, 2.75) is 180 Å². The first-order chi connectivity index (χ1) is 43.9. The Balaban J connectivity index is 1.67. The topological polar surface area (TPSA) is 299 Å². The van der Waals surface area contributed by atoms with Crippen molar-refractivity contribution in [3.05, 3.63) is 144 Å². The minimum Gasteiger partial charge on any atom is -0.481 e. The average Bonchev–Trinajstić information content (AvgIpc) is 2.40. The number of carboxylic acids is 2. The van der Waals surface area contributed by atoms with Crippen LogP contribution in [0.5, 0.6) is 0 Å². The number of rotatable bonds is 44. The molecule has 0 aliphatic carbocycles. The van der Waals surface area contributed by atoms with Crippen LogP contribution in [-0.4, -0.2) is 159 Å². The first-order valence-electron chi connectivity index (χ1n) is 31.9. The molecule has 0 aliphatic heterocycles. The second-order valence-corrected chi connectivity index (χ2v) is 22.4. The Morgan fingerprint density at radius 3 is 1.19 bits per heavy atom. The largest absolute Gasteiger partial charge is 0.481 e. The molecule has 0 fully saturated rings. The van der Waals surface area contributed by atoms with Crippen molar-refractivity contribution >= 4 is 65.2 Å². The monoisotopic (exact) mass is 1260 g/mol.